The number of hydrogen-bond acceptors (Lipinski definition) is 3. The molecule has 0 spiro atoms. The normalized spacial score (nSPS) is 11.9. The maximum Gasteiger partial charge on any atom is 0.416 e. The minimum Gasteiger partial charge on any atom is -0.383 e. The van der Waals surface area contributed by atoms with Crippen LogP contribution in [-0.4, -0.2) is 28.5 Å². The van der Waals surface area contributed by atoms with Gasteiger partial charge in [-0.1, -0.05) is 12.1 Å². The third-order valence-electron chi connectivity index (χ3n) is 2.91. The van der Waals surface area contributed by atoms with Crippen LogP contribution in [0.3, 0.4) is 0 Å². The van der Waals surface area contributed by atoms with Crippen molar-refractivity contribution in [2.24, 2.45) is 0 Å². The summed E-state index contributed by atoms with van der Waals surface area (Å²) in [5.74, 6) is 0.949. The summed E-state index contributed by atoms with van der Waals surface area (Å²) < 4.78 is 45.0. The summed E-state index contributed by atoms with van der Waals surface area (Å²) >= 11 is 5.77. The van der Waals surface area contributed by atoms with Gasteiger partial charge in [-0.3, -0.25) is 0 Å². The van der Waals surface area contributed by atoms with E-state index in [0.29, 0.717) is 30.4 Å². The molecule has 0 saturated carbocycles. The molecule has 0 amide bonds. The summed E-state index contributed by atoms with van der Waals surface area (Å²) in [4.78, 5) is 0. The fourth-order valence-corrected chi connectivity index (χ4v) is 2.10. The minimum absolute atomic E-state index is 0.121. The molecule has 4 nitrogen and oxygen atoms in total. The van der Waals surface area contributed by atoms with Crippen molar-refractivity contribution in [2.75, 3.05) is 13.7 Å². The average Bonchev–Trinajstić information content (AvgIpc) is 2.87. The Morgan fingerprint density at radius 2 is 2.05 bits per heavy atom. The van der Waals surface area contributed by atoms with Gasteiger partial charge in [0, 0.05) is 19.2 Å². The lowest BCUT2D eigenvalue weighted by Gasteiger charge is -2.11. The zero-order chi connectivity index (χ0) is 15.5. The highest BCUT2D eigenvalue weighted by Crippen LogP contribution is 2.31. The number of ether oxygens (including phenoxy) is 1. The van der Waals surface area contributed by atoms with E-state index in [4.69, 9.17) is 16.3 Å². The Kier molecular flexibility index (Phi) is 4.84. The molecule has 0 aliphatic carbocycles. The Hall–Kier alpha value is -1.60. The first-order valence-corrected chi connectivity index (χ1v) is 6.65. The summed E-state index contributed by atoms with van der Waals surface area (Å²) in [5, 5.41) is 7.84. The summed E-state index contributed by atoms with van der Waals surface area (Å²) in [6.45, 7) is 0.797. The maximum atomic E-state index is 12.8. The van der Waals surface area contributed by atoms with Gasteiger partial charge >= 0.3 is 6.18 Å². The Balaban J connectivity index is 2.44. The van der Waals surface area contributed by atoms with Crippen molar-refractivity contribution in [1.82, 2.24) is 14.8 Å². The van der Waals surface area contributed by atoms with Crippen LogP contribution in [0.2, 0.25) is 0 Å². The molecular weight excluding hydrogens is 307 g/mol. The molecule has 21 heavy (non-hydrogen) atoms. The Labute approximate surface area is 124 Å². The first-order chi connectivity index (χ1) is 9.97. The van der Waals surface area contributed by atoms with Crippen molar-refractivity contribution >= 4 is 11.6 Å². The molecule has 0 aliphatic rings. The van der Waals surface area contributed by atoms with E-state index in [1.807, 2.05) is 0 Å². The number of hydrogen-bond donors (Lipinski definition) is 0. The van der Waals surface area contributed by atoms with Crippen LogP contribution in [-0.2, 0) is 23.3 Å². The highest BCUT2D eigenvalue weighted by Gasteiger charge is 2.30. The largest absolute Gasteiger partial charge is 0.416 e. The van der Waals surface area contributed by atoms with Crippen LogP contribution >= 0.6 is 11.6 Å². The molecule has 1 aromatic heterocycles. The SMILES string of the molecule is COCCn1c(CCl)nnc1-c1cccc(C(F)(F)F)c1. The predicted octanol–water partition coefficient (Wildman–Crippen LogP) is 3.35. The maximum absolute atomic E-state index is 12.8. The first-order valence-electron chi connectivity index (χ1n) is 6.12. The van der Waals surface area contributed by atoms with Crippen LogP contribution in [0.5, 0.6) is 0 Å². The fourth-order valence-electron chi connectivity index (χ4n) is 1.90. The van der Waals surface area contributed by atoms with Crippen molar-refractivity contribution < 1.29 is 17.9 Å². The van der Waals surface area contributed by atoms with Gasteiger partial charge in [0.25, 0.3) is 0 Å². The Bertz CT molecular complexity index is 613. The molecule has 2 aromatic rings. The molecule has 2 rings (SSSR count). The van der Waals surface area contributed by atoms with Crippen molar-refractivity contribution in [2.45, 2.75) is 18.6 Å². The van der Waals surface area contributed by atoms with Crippen LogP contribution in [0.25, 0.3) is 11.4 Å². The van der Waals surface area contributed by atoms with Gasteiger partial charge in [0.05, 0.1) is 18.1 Å². The van der Waals surface area contributed by atoms with Crippen molar-refractivity contribution in [3.05, 3.63) is 35.7 Å². The topological polar surface area (TPSA) is 39.9 Å². The number of aromatic nitrogens is 3. The van der Waals surface area contributed by atoms with E-state index < -0.39 is 11.7 Å². The average molecular weight is 320 g/mol. The lowest BCUT2D eigenvalue weighted by Crippen LogP contribution is -2.10. The smallest absolute Gasteiger partial charge is 0.383 e. The van der Waals surface area contributed by atoms with Gasteiger partial charge in [0.2, 0.25) is 0 Å². The van der Waals surface area contributed by atoms with E-state index >= 15 is 0 Å². The summed E-state index contributed by atoms with van der Waals surface area (Å²) in [7, 11) is 1.54. The molecule has 0 saturated heterocycles. The third-order valence-corrected chi connectivity index (χ3v) is 3.15. The number of rotatable bonds is 5. The molecular formula is C13H13ClF3N3O. The number of alkyl halides is 4. The monoisotopic (exact) mass is 319 g/mol. The molecule has 1 aromatic carbocycles. The lowest BCUT2D eigenvalue weighted by atomic mass is 10.1. The number of benzene rings is 1. The van der Waals surface area contributed by atoms with E-state index in [9.17, 15) is 13.2 Å². The van der Waals surface area contributed by atoms with Crippen LogP contribution < -0.4 is 0 Å². The van der Waals surface area contributed by atoms with E-state index in [2.05, 4.69) is 10.2 Å². The molecule has 0 unspecified atom stereocenters. The molecule has 1 heterocycles. The first kappa shape index (κ1) is 15.8. The second kappa shape index (κ2) is 6.44. The highest BCUT2D eigenvalue weighted by atomic mass is 35.5. The Morgan fingerprint density at radius 3 is 2.67 bits per heavy atom. The van der Waals surface area contributed by atoms with Gasteiger partial charge in [-0.25, -0.2) is 0 Å². The van der Waals surface area contributed by atoms with E-state index in [1.54, 1.807) is 10.6 Å². The molecule has 0 fully saturated rings. The van der Waals surface area contributed by atoms with Crippen LogP contribution in [0.1, 0.15) is 11.4 Å². The highest BCUT2D eigenvalue weighted by molar-refractivity contribution is 6.16. The Morgan fingerprint density at radius 1 is 1.29 bits per heavy atom. The van der Waals surface area contributed by atoms with Gasteiger partial charge in [0.15, 0.2) is 5.82 Å². The van der Waals surface area contributed by atoms with E-state index in [1.165, 1.54) is 13.2 Å². The summed E-state index contributed by atoms with van der Waals surface area (Å²) in [6.07, 6.45) is -4.40. The van der Waals surface area contributed by atoms with Gasteiger partial charge < -0.3 is 9.30 Å². The lowest BCUT2D eigenvalue weighted by molar-refractivity contribution is -0.137. The molecule has 8 heteroatoms. The number of nitrogens with zero attached hydrogens (tertiary/aromatic N) is 3. The molecule has 0 radical (unpaired) electrons. The third kappa shape index (κ3) is 3.54. The van der Waals surface area contributed by atoms with Gasteiger partial charge in [-0.15, -0.1) is 21.8 Å². The standard InChI is InChI=1S/C13H13ClF3N3O/c1-21-6-5-20-11(8-14)18-19-12(20)9-3-2-4-10(7-9)13(15,16)17/h2-4,7H,5-6,8H2,1H3. The van der Waals surface area contributed by atoms with Crippen molar-refractivity contribution in [3.63, 3.8) is 0 Å². The quantitative estimate of drug-likeness (QED) is 0.793. The second-order valence-electron chi connectivity index (χ2n) is 4.30. The van der Waals surface area contributed by atoms with Gasteiger partial charge in [-0.2, -0.15) is 13.2 Å². The van der Waals surface area contributed by atoms with E-state index in [0.717, 1.165) is 12.1 Å². The van der Waals surface area contributed by atoms with Crippen LogP contribution in [0, 0.1) is 0 Å². The van der Waals surface area contributed by atoms with Crippen molar-refractivity contribution in [3.8, 4) is 11.4 Å². The predicted molar refractivity (Wildman–Crippen MR) is 71.9 cm³/mol. The molecule has 0 N–H and O–H groups in total. The van der Waals surface area contributed by atoms with Crippen molar-refractivity contribution in [1.29, 1.82) is 0 Å². The zero-order valence-corrected chi connectivity index (χ0v) is 11.9. The molecule has 114 valence electrons. The summed E-state index contributed by atoms with van der Waals surface area (Å²) in [6, 6.07) is 4.96. The number of halogens is 4. The zero-order valence-electron chi connectivity index (χ0n) is 11.2. The van der Waals surface area contributed by atoms with E-state index in [-0.39, 0.29) is 5.88 Å². The van der Waals surface area contributed by atoms with Gasteiger partial charge in [0.1, 0.15) is 5.82 Å². The molecule has 0 aliphatic heterocycles. The van der Waals surface area contributed by atoms with Gasteiger partial charge in [-0.05, 0) is 12.1 Å². The molecule has 0 atom stereocenters. The molecule has 0 bridgehead atoms. The summed E-state index contributed by atoms with van der Waals surface area (Å²) in [5.41, 5.74) is -0.390. The van der Waals surface area contributed by atoms with Crippen LogP contribution in [0.15, 0.2) is 24.3 Å². The fraction of sp³-hybridized carbons (Fsp3) is 0.385. The second-order valence-corrected chi connectivity index (χ2v) is 4.56. The number of methoxy groups -OCH3 is 1. The minimum atomic E-state index is -4.40. The van der Waals surface area contributed by atoms with Crippen LogP contribution in [0.4, 0.5) is 13.2 Å².